The van der Waals surface area contributed by atoms with Gasteiger partial charge in [0.05, 0.1) is 6.04 Å². The molecule has 7 nitrogen and oxygen atoms in total. The van der Waals surface area contributed by atoms with Crippen LogP contribution in [0.2, 0.25) is 0 Å². The highest BCUT2D eigenvalue weighted by molar-refractivity contribution is 5.88. The van der Waals surface area contributed by atoms with Gasteiger partial charge in [0.25, 0.3) is 0 Å². The second kappa shape index (κ2) is 10.1. The molecule has 0 saturated carbocycles. The SMILES string of the molecule is CC(=C[C@H](C[C@@H]1CCNC1=O)NC(=O)OC(C)(C)C)C(=O)OCc1ccccc1. The highest BCUT2D eigenvalue weighted by atomic mass is 16.6. The van der Waals surface area contributed by atoms with Crippen LogP contribution in [0.25, 0.3) is 0 Å². The maximum absolute atomic E-state index is 12.4. The first-order valence-corrected chi connectivity index (χ1v) is 9.81. The molecule has 2 rings (SSSR count). The molecule has 1 aromatic carbocycles. The zero-order chi connectivity index (χ0) is 21.4. The van der Waals surface area contributed by atoms with Crippen molar-refractivity contribution in [2.24, 2.45) is 5.92 Å². The van der Waals surface area contributed by atoms with Crippen molar-refractivity contribution in [1.82, 2.24) is 10.6 Å². The van der Waals surface area contributed by atoms with Crippen molar-refractivity contribution in [1.29, 1.82) is 0 Å². The summed E-state index contributed by atoms with van der Waals surface area (Å²) in [6.45, 7) is 7.73. The Morgan fingerprint density at radius 3 is 2.55 bits per heavy atom. The standard InChI is InChI=1S/C22H30N2O5/c1-15(20(26)28-14-16-8-6-5-7-9-16)12-18(13-17-10-11-23-19(17)25)24-21(27)29-22(2,3)4/h5-9,12,17-18H,10-11,13-14H2,1-4H3,(H,23,25)(H,24,27)/t17-,18+/m0/s1. The van der Waals surface area contributed by atoms with Crippen molar-refractivity contribution in [2.45, 2.75) is 58.8 Å². The number of ether oxygens (including phenoxy) is 2. The summed E-state index contributed by atoms with van der Waals surface area (Å²) in [5, 5.41) is 5.54. The first-order chi connectivity index (χ1) is 13.6. The zero-order valence-corrected chi connectivity index (χ0v) is 17.5. The van der Waals surface area contributed by atoms with E-state index in [1.807, 2.05) is 30.3 Å². The lowest BCUT2D eigenvalue weighted by Crippen LogP contribution is -2.40. The minimum atomic E-state index is -0.646. The normalized spacial score (nSPS) is 18.0. The third-order valence-electron chi connectivity index (χ3n) is 4.39. The largest absolute Gasteiger partial charge is 0.457 e. The van der Waals surface area contributed by atoms with Crippen molar-refractivity contribution in [2.75, 3.05) is 6.54 Å². The number of carbonyl (C=O) groups is 3. The molecular weight excluding hydrogens is 372 g/mol. The van der Waals surface area contributed by atoms with Crippen LogP contribution in [0.1, 0.15) is 46.1 Å². The number of nitrogens with one attached hydrogen (secondary N) is 2. The lowest BCUT2D eigenvalue weighted by Gasteiger charge is -2.23. The van der Waals surface area contributed by atoms with Gasteiger partial charge >= 0.3 is 12.1 Å². The van der Waals surface area contributed by atoms with E-state index >= 15 is 0 Å². The van der Waals surface area contributed by atoms with E-state index in [0.717, 1.165) is 5.56 Å². The molecule has 7 heteroatoms. The second-order valence-electron chi connectivity index (χ2n) is 8.18. The highest BCUT2D eigenvalue weighted by Crippen LogP contribution is 2.18. The van der Waals surface area contributed by atoms with Crippen LogP contribution >= 0.6 is 0 Å². The van der Waals surface area contributed by atoms with E-state index < -0.39 is 23.7 Å². The molecule has 0 aromatic heterocycles. The van der Waals surface area contributed by atoms with Crippen LogP contribution in [0.4, 0.5) is 4.79 Å². The molecule has 29 heavy (non-hydrogen) atoms. The van der Waals surface area contributed by atoms with Crippen molar-refractivity contribution >= 4 is 18.0 Å². The van der Waals surface area contributed by atoms with Gasteiger partial charge in [-0.15, -0.1) is 0 Å². The van der Waals surface area contributed by atoms with Crippen molar-refractivity contribution in [3.8, 4) is 0 Å². The van der Waals surface area contributed by atoms with E-state index in [-0.39, 0.29) is 18.4 Å². The average molecular weight is 402 g/mol. The topological polar surface area (TPSA) is 93.7 Å². The maximum atomic E-state index is 12.4. The number of hydrogen-bond donors (Lipinski definition) is 2. The van der Waals surface area contributed by atoms with Gasteiger partial charge in [-0.25, -0.2) is 9.59 Å². The number of benzene rings is 1. The van der Waals surface area contributed by atoms with Gasteiger partial charge in [0.1, 0.15) is 12.2 Å². The van der Waals surface area contributed by atoms with E-state index in [0.29, 0.717) is 25.0 Å². The van der Waals surface area contributed by atoms with Gasteiger partial charge in [-0.2, -0.15) is 0 Å². The quantitative estimate of drug-likeness (QED) is 0.540. The van der Waals surface area contributed by atoms with Crippen LogP contribution in [0.15, 0.2) is 42.0 Å². The number of esters is 1. The Hall–Kier alpha value is -2.83. The predicted octanol–water partition coefficient (Wildman–Crippen LogP) is 3.10. The van der Waals surface area contributed by atoms with Gasteiger partial charge in [-0.05, 0) is 46.1 Å². The third-order valence-corrected chi connectivity index (χ3v) is 4.39. The fourth-order valence-corrected chi connectivity index (χ4v) is 3.01. The van der Waals surface area contributed by atoms with Crippen LogP contribution in [0.3, 0.4) is 0 Å². The van der Waals surface area contributed by atoms with Crippen LogP contribution in [0.5, 0.6) is 0 Å². The van der Waals surface area contributed by atoms with Crippen molar-refractivity contribution < 1.29 is 23.9 Å². The van der Waals surface area contributed by atoms with Gasteiger partial charge in [-0.3, -0.25) is 4.79 Å². The highest BCUT2D eigenvalue weighted by Gasteiger charge is 2.28. The van der Waals surface area contributed by atoms with E-state index in [2.05, 4.69) is 10.6 Å². The summed E-state index contributed by atoms with van der Waals surface area (Å²) in [7, 11) is 0. The molecule has 158 valence electrons. The Morgan fingerprint density at radius 2 is 1.97 bits per heavy atom. The molecule has 2 N–H and O–H groups in total. The predicted molar refractivity (Wildman–Crippen MR) is 109 cm³/mol. The van der Waals surface area contributed by atoms with E-state index in [1.54, 1.807) is 33.8 Å². The monoisotopic (exact) mass is 402 g/mol. The summed E-state index contributed by atoms with van der Waals surface area (Å²) >= 11 is 0. The fourth-order valence-electron chi connectivity index (χ4n) is 3.01. The summed E-state index contributed by atoms with van der Waals surface area (Å²) < 4.78 is 10.6. The molecule has 0 spiro atoms. The Balaban J connectivity index is 2.03. The van der Waals surface area contributed by atoms with Crippen molar-refractivity contribution in [3.63, 3.8) is 0 Å². The summed E-state index contributed by atoms with van der Waals surface area (Å²) in [6, 6.07) is 8.86. The maximum Gasteiger partial charge on any atom is 0.408 e. The van der Waals surface area contributed by atoms with Crippen LogP contribution in [0, 0.1) is 5.92 Å². The Bertz CT molecular complexity index is 752. The molecule has 1 fully saturated rings. The van der Waals surface area contributed by atoms with Crippen molar-refractivity contribution in [3.05, 3.63) is 47.5 Å². The summed E-state index contributed by atoms with van der Waals surface area (Å²) in [4.78, 5) is 36.5. The molecule has 0 unspecified atom stereocenters. The average Bonchev–Trinajstić information content (AvgIpc) is 3.03. The Kier molecular flexibility index (Phi) is 7.82. The number of carbonyl (C=O) groups excluding carboxylic acids is 3. The van der Waals surface area contributed by atoms with Gasteiger partial charge in [0, 0.05) is 18.0 Å². The van der Waals surface area contributed by atoms with E-state index in [4.69, 9.17) is 9.47 Å². The molecule has 2 atom stereocenters. The first-order valence-electron chi connectivity index (χ1n) is 9.81. The lowest BCUT2D eigenvalue weighted by molar-refractivity contribution is -0.140. The molecule has 1 heterocycles. The Morgan fingerprint density at radius 1 is 1.28 bits per heavy atom. The summed E-state index contributed by atoms with van der Waals surface area (Å²) in [5.74, 6) is -0.737. The number of alkyl carbamates (subject to hydrolysis) is 1. The van der Waals surface area contributed by atoms with E-state index in [1.165, 1.54) is 0 Å². The lowest BCUT2D eigenvalue weighted by atomic mass is 9.97. The third kappa shape index (κ3) is 7.97. The molecule has 1 aliphatic heterocycles. The van der Waals surface area contributed by atoms with Gasteiger partial charge in [0.2, 0.25) is 5.91 Å². The molecular formula is C22H30N2O5. The minimum Gasteiger partial charge on any atom is -0.457 e. The number of amides is 2. The summed E-state index contributed by atoms with van der Waals surface area (Å²) in [5.41, 5.74) is 0.604. The molecule has 1 aliphatic rings. The minimum absolute atomic E-state index is 0.0429. The van der Waals surface area contributed by atoms with Gasteiger partial charge < -0.3 is 20.1 Å². The van der Waals surface area contributed by atoms with Gasteiger partial charge in [0.15, 0.2) is 0 Å². The smallest absolute Gasteiger partial charge is 0.408 e. The molecule has 0 aliphatic carbocycles. The number of rotatable bonds is 7. The van der Waals surface area contributed by atoms with Gasteiger partial charge in [-0.1, -0.05) is 36.4 Å². The molecule has 0 bridgehead atoms. The zero-order valence-electron chi connectivity index (χ0n) is 17.5. The molecule has 1 saturated heterocycles. The van der Waals surface area contributed by atoms with Crippen LogP contribution in [-0.4, -0.2) is 36.2 Å². The fraction of sp³-hybridized carbons (Fsp3) is 0.500. The van der Waals surface area contributed by atoms with E-state index in [9.17, 15) is 14.4 Å². The first kappa shape index (κ1) is 22.5. The Labute approximate surface area is 171 Å². The molecule has 1 aromatic rings. The van der Waals surface area contributed by atoms with Crippen LogP contribution < -0.4 is 10.6 Å². The summed E-state index contributed by atoms with van der Waals surface area (Å²) in [6.07, 6.45) is 2.11. The molecule has 2 amide bonds. The second-order valence-corrected chi connectivity index (χ2v) is 8.18. The molecule has 0 radical (unpaired) electrons. The number of hydrogen-bond acceptors (Lipinski definition) is 5. The van der Waals surface area contributed by atoms with Crippen LogP contribution in [-0.2, 0) is 25.7 Å².